The highest BCUT2D eigenvalue weighted by molar-refractivity contribution is 14.0. The summed E-state index contributed by atoms with van der Waals surface area (Å²) in [5.41, 5.74) is 0. The molecule has 0 aliphatic carbocycles. The molecule has 6 heteroatoms. The molecule has 1 unspecified atom stereocenters. The number of nitrogens with one attached hydrogen (secondary N) is 2. The highest BCUT2D eigenvalue weighted by Crippen LogP contribution is 2.10. The van der Waals surface area contributed by atoms with Gasteiger partial charge in [-0.25, -0.2) is 0 Å². The first kappa shape index (κ1) is 22.2. The standard InChI is InChI=1S/C17H31N3O2.HI/c1-5-18-17(19-11-9-15-8-7-13-22-15)20-12-10-16(14(3)4)21-6-2;/h7-8,13-14,16H,5-6,9-12H2,1-4H3,(H2,18,19,20);1H. The van der Waals surface area contributed by atoms with Crippen LogP contribution in [0.2, 0.25) is 0 Å². The van der Waals surface area contributed by atoms with Gasteiger partial charge in [0.2, 0.25) is 0 Å². The number of rotatable bonds is 10. The van der Waals surface area contributed by atoms with Crippen molar-refractivity contribution in [1.29, 1.82) is 0 Å². The molecule has 0 fully saturated rings. The van der Waals surface area contributed by atoms with E-state index >= 15 is 0 Å². The molecule has 0 radical (unpaired) electrons. The zero-order chi connectivity index (χ0) is 16.2. The minimum Gasteiger partial charge on any atom is -0.469 e. The molecule has 0 amide bonds. The lowest BCUT2D eigenvalue weighted by molar-refractivity contribution is 0.0266. The molecule has 134 valence electrons. The lowest BCUT2D eigenvalue weighted by atomic mass is 10.0. The summed E-state index contributed by atoms with van der Waals surface area (Å²) in [4.78, 5) is 4.62. The molecule has 1 aromatic rings. The van der Waals surface area contributed by atoms with E-state index in [1.165, 1.54) is 0 Å². The minimum absolute atomic E-state index is 0. The third kappa shape index (κ3) is 9.86. The molecular weight excluding hydrogens is 405 g/mol. The van der Waals surface area contributed by atoms with Crippen molar-refractivity contribution < 1.29 is 9.15 Å². The summed E-state index contributed by atoms with van der Waals surface area (Å²) in [6.07, 6.45) is 3.78. The van der Waals surface area contributed by atoms with Gasteiger partial charge in [-0.1, -0.05) is 13.8 Å². The maximum absolute atomic E-state index is 5.75. The number of hydrogen-bond acceptors (Lipinski definition) is 3. The molecule has 1 rings (SSSR count). The van der Waals surface area contributed by atoms with Crippen molar-refractivity contribution in [2.24, 2.45) is 10.9 Å². The van der Waals surface area contributed by atoms with Gasteiger partial charge < -0.3 is 19.8 Å². The molecule has 1 heterocycles. The molecule has 0 saturated carbocycles. The summed E-state index contributed by atoms with van der Waals surface area (Å²) in [6.45, 7) is 11.7. The molecule has 0 saturated heterocycles. The molecule has 0 aromatic carbocycles. The van der Waals surface area contributed by atoms with Crippen LogP contribution in [0.5, 0.6) is 0 Å². The largest absolute Gasteiger partial charge is 0.469 e. The van der Waals surface area contributed by atoms with E-state index in [-0.39, 0.29) is 30.1 Å². The SMILES string of the molecule is CCNC(=NCCC(OCC)C(C)C)NCCc1ccco1.I. The Morgan fingerprint density at radius 2 is 2.09 bits per heavy atom. The molecule has 5 nitrogen and oxygen atoms in total. The van der Waals surface area contributed by atoms with Gasteiger partial charge in [0.05, 0.1) is 12.4 Å². The van der Waals surface area contributed by atoms with E-state index in [2.05, 4.69) is 36.4 Å². The minimum atomic E-state index is 0. The van der Waals surface area contributed by atoms with E-state index < -0.39 is 0 Å². The molecule has 2 N–H and O–H groups in total. The van der Waals surface area contributed by atoms with Crippen LogP contribution in [0.25, 0.3) is 0 Å². The summed E-state index contributed by atoms with van der Waals surface area (Å²) in [5.74, 6) is 2.36. The van der Waals surface area contributed by atoms with Crippen molar-refractivity contribution in [1.82, 2.24) is 10.6 Å². The average molecular weight is 437 g/mol. The van der Waals surface area contributed by atoms with Crippen LogP contribution >= 0.6 is 24.0 Å². The van der Waals surface area contributed by atoms with Crippen LogP contribution in [-0.2, 0) is 11.2 Å². The molecule has 0 aliphatic heterocycles. The predicted molar refractivity (Wildman–Crippen MR) is 107 cm³/mol. The van der Waals surface area contributed by atoms with Crippen LogP contribution in [0.4, 0.5) is 0 Å². The number of halogens is 1. The van der Waals surface area contributed by atoms with Crippen molar-refractivity contribution in [2.75, 3.05) is 26.2 Å². The second-order valence-corrected chi connectivity index (χ2v) is 5.54. The van der Waals surface area contributed by atoms with Crippen LogP contribution < -0.4 is 10.6 Å². The summed E-state index contributed by atoms with van der Waals surface area (Å²) < 4.78 is 11.1. The van der Waals surface area contributed by atoms with Gasteiger partial charge in [0.15, 0.2) is 5.96 Å². The smallest absolute Gasteiger partial charge is 0.191 e. The fourth-order valence-corrected chi connectivity index (χ4v) is 2.23. The molecule has 0 bridgehead atoms. The normalized spacial score (nSPS) is 12.8. The number of furan rings is 1. The van der Waals surface area contributed by atoms with E-state index in [0.717, 1.165) is 50.8 Å². The topological polar surface area (TPSA) is 58.8 Å². The lowest BCUT2D eigenvalue weighted by Crippen LogP contribution is -2.38. The van der Waals surface area contributed by atoms with Crippen LogP contribution in [0.1, 0.15) is 39.9 Å². The third-order valence-electron chi connectivity index (χ3n) is 3.40. The first-order chi connectivity index (χ1) is 10.7. The molecule has 0 spiro atoms. The van der Waals surface area contributed by atoms with Crippen molar-refractivity contribution in [3.05, 3.63) is 24.2 Å². The monoisotopic (exact) mass is 437 g/mol. The second-order valence-electron chi connectivity index (χ2n) is 5.54. The number of guanidine groups is 1. The number of ether oxygens (including phenoxy) is 1. The number of hydrogen-bond donors (Lipinski definition) is 2. The Labute approximate surface area is 157 Å². The fourth-order valence-electron chi connectivity index (χ4n) is 2.23. The Morgan fingerprint density at radius 1 is 1.30 bits per heavy atom. The highest BCUT2D eigenvalue weighted by Gasteiger charge is 2.12. The Balaban J connectivity index is 0.00000484. The van der Waals surface area contributed by atoms with Gasteiger partial charge in [-0.05, 0) is 38.3 Å². The van der Waals surface area contributed by atoms with Gasteiger partial charge in [0.1, 0.15) is 5.76 Å². The Morgan fingerprint density at radius 3 is 2.65 bits per heavy atom. The lowest BCUT2D eigenvalue weighted by Gasteiger charge is -2.20. The maximum atomic E-state index is 5.75. The molecule has 1 aromatic heterocycles. The zero-order valence-electron chi connectivity index (χ0n) is 14.8. The van der Waals surface area contributed by atoms with Crippen LogP contribution in [-0.4, -0.2) is 38.3 Å². The van der Waals surface area contributed by atoms with Gasteiger partial charge in [0, 0.05) is 32.7 Å². The second kappa shape index (κ2) is 13.7. The highest BCUT2D eigenvalue weighted by atomic mass is 127. The van der Waals surface area contributed by atoms with Crippen molar-refractivity contribution in [3.8, 4) is 0 Å². The Hall–Kier alpha value is -0.760. The van der Waals surface area contributed by atoms with Gasteiger partial charge in [-0.15, -0.1) is 24.0 Å². The maximum Gasteiger partial charge on any atom is 0.191 e. The summed E-state index contributed by atoms with van der Waals surface area (Å²) >= 11 is 0. The Bertz CT molecular complexity index is 408. The first-order valence-electron chi connectivity index (χ1n) is 8.33. The third-order valence-corrected chi connectivity index (χ3v) is 3.40. The zero-order valence-corrected chi connectivity index (χ0v) is 17.1. The quantitative estimate of drug-likeness (QED) is 0.335. The van der Waals surface area contributed by atoms with Gasteiger partial charge in [0.25, 0.3) is 0 Å². The van der Waals surface area contributed by atoms with Crippen LogP contribution in [0.15, 0.2) is 27.8 Å². The molecule has 0 aliphatic rings. The average Bonchev–Trinajstić information content (AvgIpc) is 2.99. The van der Waals surface area contributed by atoms with Crippen LogP contribution in [0.3, 0.4) is 0 Å². The fraction of sp³-hybridized carbons (Fsp3) is 0.706. The van der Waals surface area contributed by atoms with Crippen molar-refractivity contribution >= 4 is 29.9 Å². The van der Waals surface area contributed by atoms with E-state index in [0.29, 0.717) is 5.92 Å². The van der Waals surface area contributed by atoms with E-state index in [1.54, 1.807) is 6.26 Å². The number of nitrogens with zero attached hydrogens (tertiary/aromatic N) is 1. The van der Waals surface area contributed by atoms with E-state index in [9.17, 15) is 0 Å². The molecule has 1 atom stereocenters. The van der Waals surface area contributed by atoms with Crippen LogP contribution in [0, 0.1) is 5.92 Å². The first-order valence-corrected chi connectivity index (χ1v) is 8.33. The van der Waals surface area contributed by atoms with Crippen molar-refractivity contribution in [3.63, 3.8) is 0 Å². The van der Waals surface area contributed by atoms with Gasteiger partial charge >= 0.3 is 0 Å². The van der Waals surface area contributed by atoms with Gasteiger partial charge in [-0.3, -0.25) is 4.99 Å². The predicted octanol–water partition coefficient (Wildman–Crippen LogP) is 3.45. The summed E-state index contributed by atoms with van der Waals surface area (Å²) in [5, 5.41) is 6.60. The van der Waals surface area contributed by atoms with E-state index in [1.807, 2.05) is 19.1 Å². The van der Waals surface area contributed by atoms with Gasteiger partial charge in [-0.2, -0.15) is 0 Å². The van der Waals surface area contributed by atoms with E-state index in [4.69, 9.17) is 9.15 Å². The summed E-state index contributed by atoms with van der Waals surface area (Å²) in [7, 11) is 0. The van der Waals surface area contributed by atoms with Crippen molar-refractivity contribution in [2.45, 2.75) is 46.6 Å². The Kier molecular flexibility index (Phi) is 13.2. The summed E-state index contributed by atoms with van der Waals surface area (Å²) in [6, 6.07) is 3.90. The number of aliphatic imine (C=N–C) groups is 1. The molecular formula is C17H32IN3O2. The molecule has 23 heavy (non-hydrogen) atoms.